The van der Waals surface area contributed by atoms with Gasteiger partial charge >= 0.3 is 6.09 Å². The third kappa shape index (κ3) is 1.69. The Labute approximate surface area is 82.5 Å². The lowest BCUT2D eigenvalue weighted by atomic mass is 10.1. The number of aromatic nitrogens is 1. The summed E-state index contributed by atoms with van der Waals surface area (Å²) in [5.41, 5.74) is 1.18. The van der Waals surface area contributed by atoms with Crippen LogP contribution < -0.4 is 0 Å². The lowest BCUT2D eigenvalue weighted by molar-refractivity contribution is 0.163. The molecule has 1 aromatic heterocycles. The van der Waals surface area contributed by atoms with Crippen LogP contribution in [0, 0.1) is 0 Å². The van der Waals surface area contributed by atoms with Crippen molar-refractivity contribution in [2.45, 2.75) is 12.5 Å². The summed E-state index contributed by atoms with van der Waals surface area (Å²) in [7, 11) is 1.77. The van der Waals surface area contributed by atoms with Gasteiger partial charge in [0, 0.05) is 19.4 Å². The highest BCUT2D eigenvalue weighted by molar-refractivity contribution is 5.69. The number of likely N-dealkylation sites (N-methyl/N-ethyl adjacent to an activating group) is 1. The number of carbonyl (C=O) groups is 1. The van der Waals surface area contributed by atoms with E-state index in [1.54, 1.807) is 24.3 Å². The fourth-order valence-corrected chi connectivity index (χ4v) is 1.52. The third-order valence-corrected chi connectivity index (χ3v) is 2.46. The van der Waals surface area contributed by atoms with Crippen LogP contribution in [-0.2, 0) is 11.2 Å². The number of ether oxygens (including phenoxy) is 1. The van der Waals surface area contributed by atoms with Crippen LogP contribution in [0.4, 0.5) is 4.79 Å². The Morgan fingerprint density at radius 1 is 1.57 bits per heavy atom. The molecule has 0 aromatic carbocycles. The van der Waals surface area contributed by atoms with Crippen LogP contribution in [0.2, 0.25) is 0 Å². The highest BCUT2D eigenvalue weighted by Gasteiger charge is 2.29. The van der Waals surface area contributed by atoms with E-state index in [9.17, 15) is 4.79 Å². The number of rotatable bonds is 2. The lowest BCUT2D eigenvalue weighted by Crippen LogP contribution is -2.30. The van der Waals surface area contributed by atoms with Gasteiger partial charge in [-0.1, -0.05) is 0 Å². The first-order valence-corrected chi connectivity index (χ1v) is 4.56. The molecule has 4 nitrogen and oxygen atoms in total. The molecule has 0 radical (unpaired) electrons. The Kier molecular flexibility index (Phi) is 2.35. The fourth-order valence-electron chi connectivity index (χ4n) is 1.52. The molecule has 1 amide bonds. The zero-order chi connectivity index (χ0) is 9.97. The molecule has 1 aromatic rings. The molecule has 1 saturated heterocycles. The van der Waals surface area contributed by atoms with Gasteiger partial charge in [-0.3, -0.25) is 4.98 Å². The molecular formula is C10H12N2O2. The molecule has 1 aliphatic heterocycles. The predicted molar refractivity (Wildman–Crippen MR) is 50.8 cm³/mol. The van der Waals surface area contributed by atoms with Crippen molar-refractivity contribution in [1.82, 2.24) is 9.88 Å². The van der Waals surface area contributed by atoms with Crippen LogP contribution in [0.15, 0.2) is 24.5 Å². The molecule has 2 heterocycles. The van der Waals surface area contributed by atoms with E-state index in [-0.39, 0.29) is 12.1 Å². The van der Waals surface area contributed by atoms with Crippen molar-refractivity contribution in [3.05, 3.63) is 30.1 Å². The smallest absolute Gasteiger partial charge is 0.409 e. The molecule has 4 heteroatoms. The molecule has 0 N–H and O–H groups in total. The average molecular weight is 192 g/mol. The van der Waals surface area contributed by atoms with E-state index >= 15 is 0 Å². The number of pyridine rings is 1. The first kappa shape index (κ1) is 8.99. The molecule has 0 aliphatic carbocycles. The minimum atomic E-state index is -0.232. The Morgan fingerprint density at radius 3 is 2.86 bits per heavy atom. The largest absolute Gasteiger partial charge is 0.447 e. The summed E-state index contributed by atoms with van der Waals surface area (Å²) >= 11 is 0. The summed E-state index contributed by atoms with van der Waals surface area (Å²) in [6.45, 7) is 0.484. The third-order valence-electron chi connectivity index (χ3n) is 2.46. The van der Waals surface area contributed by atoms with Gasteiger partial charge in [-0.2, -0.15) is 0 Å². The Balaban J connectivity index is 2.02. The van der Waals surface area contributed by atoms with Gasteiger partial charge in [0.1, 0.15) is 6.61 Å². The normalized spacial score (nSPS) is 21.1. The maximum Gasteiger partial charge on any atom is 0.409 e. The van der Waals surface area contributed by atoms with Crippen LogP contribution >= 0.6 is 0 Å². The van der Waals surface area contributed by atoms with Gasteiger partial charge in [-0.25, -0.2) is 4.79 Å². The first-order valence-electron chi connectivity index (χ1n) is 4.56. The Hall–Kier alpha value is -1.58. The van der Waals surface area contributed by atoms with E-state index < -0.39 is 0 Å². The topological polar surface area (TPSA) is 42.4 Å². The Morgan fingerprint density at radius 2 is 2.29 bits per heavy atom. The summed E-state index contributed by atoms with van der Waals surface area (Å²) in [5, 5.41) is 0. The number of hydrogen-bond donors (Lipinski definition) is 0. The molecule has 2 rings (SSSR count). The quantitative estimate of drug-likeness (QED) is 0.704. The van der Waals surface area contributed by atoms with E-state index in [0.717, 1.165) is 6.42 Å². The number of carbonyl (C=O) groups excluding carboxylic acids is 1. The van der Waals surface area contributed by atoms with Gasteiger partial charge < -0.3 is 9.64 Å². The molecular weight excluding hydrogens is 180 g/mol. The van der Waals surface area contributed by atoms with Gasteiger partial charge in [0.15, 0.2) is 0 Å². The summed E-state index contributed by atoms with van der Waals surface area (Å²) in [6, 6.07) is 4.07. The van der Waals surface area contributed by atoms with Crippen molar-refractivity contribution in [3.8, 4) is 0 Å². The molecule has 1 atom stereocenters. The summed E-state index contributed by atoms with van der Waals surface area (Å²) in [4.78, 5) is 16.6. The second-order valence-electron chi connectivity index (χ2n) is 3.40. The van der Waals surface area contributed by atoms with Crippen LogP contribution in [0.25, 0.3) is 0 Å². The number of cyclic esters (lactones) is 1. The van der Waals surface area contributed by atoms with Crippen LogP contribution in [0.1, 0.15) is 5.56 Å². The van der Waals surface area contributed by atoms with Crippen molar-refractivity contribution in [3.63, 3.8) is 0 Å². The van der Waals surface area contributed by atoms with E-state index in [4.69, 9.17) is 4.74 Å². The summed E-state index contributed by atoms with van der Waals surface area (Å²) in [5.74, 6) is 0. The molecule has 1 unspecified atom stereocenters. The minimum Gasteiger partial charge on any atom is -0.447 e. The van der Waals surface area contributed by atoms with Crippen LogP contribution in [0.5, 0.6) is 0 Å². The van der Waals surface area contributed by atoms with E-state index in [2.05, 4.69) is 4.98 Å². The van der Waals surface area contributed by atoms with Crippen molar-refractivity contribution in [2.24, 2.45) is 0 Å². The van der Waals surface area contributed by atoms with E-state index in [1.807, 2.05) is 12.1 Å². The monoisotopic (exact) mass is 192 g/mol. The van der Waals surface area contributed by atoms with Gasteiger partial charge in [-0.05, 0) is 24.1 Å². The van der Waals surface area contributed by atoms with Crippen molar-refractivity contribution in [2.75, 3.05) is 13.7 Å². The highest BCUT2D eigenvalue weighted by Crippen LogP contribution is 2.14. The van der Waals surface area contributed by atoms with Crippen LogP contribution in [-0.4, -0.2) is 35.7 Å². The molecule has 1 fully saturated rings. The van der Waals surface area contributed by atoms with E-state index in [1.165, 1.54) is 5.56 Å². The zero-order valence-corrected chi connectivity index (χ0v) is 8.01. The molecule has 74 valence electrons. The van der Waals surface area contributed by atoms with Crippen molar-refractivity contribution < 1.29 is 9.53 Å². The lowest BCUT2D eigenvalue weighted by Gasteiger charge is -2.15. The predicted octanol–water partition coefficient (Wildman–Crippen LogP) is 1.07. The number of hydrogen-bond acceptors (Lipinski definition) is 3. The van der Waals surface area contributed by atoms with Gasteiger partial charge in [0.25, 0.3) is 0 Å². The Bertz CT molecular complexity index is 326. The summed E-state index contributed by atoms with van der Waals surface area (Å²) in [6.07, 6.45) is 4.11. The second kappa shape index (κ2) is 3.65. The summed E-state index contributed by atoms with van der Waals surface area (Å²) < 4.78 is 4.92. The SMILES string of the molecule is CN1C(=O)OCC1Cc1ccncc1. The molecule has 0 bridgehead atoms. The average Bonchev–Trinajstić information content (AvgIpc) is 2.52. The maximum absolute atomic E-state index is 11.1. The van der Waals surface area contributed by atoms with Gasteiger partial charge in [0.05, 0.1) is 6.04 Å². The number of amides is 1. The van der Waals surface area contributed by atoms with E-state index in [0.29, 0.717) is 6.61 Å². The van der Waals surface area contributed by atoms with Gasteiger partial charge in [-0.15, -0.1) is 0 Å². The second-order valence-corrected chi connectivity index (χ2v) is 3.40. The van der Waals surface area contributed by atoms with Crippen LogP contribution in [0.3, 0.4) is 0 Å². The fraction of sp³-hybridized carbons (Fsp3) is 0.400. The maximum atomic E-state index is 11.1. The first-order chi connectivity index (χ1) is 6.77. The zero-order valence-electron chi connectivity index (χ0n) is 8.01. The van der Waals surface area contributed by atoms with Gasteiger partial charge in [0.2, 0.25) is 0 Å². The van der Waals surface area contributed by atoms with Crippen molar-refractivity contribution >= 4 is 6.09 Å². The molecule has 0 saturated carbocycles. The highest BCUT2D eigenvalue weighted by atomic mass is 16.6. The standard InChI is InChI=1S/C10H12N2O2/c1-12-9(7-14-10(12)13)6-8-2-4-11-5-3-8/h2-5,9H,6-7H2,1H3. The number of nitrogens with zero attached hydrogens (tertiary/aromatic N) is 2. The molecule has 0 spiro atoms. The van der Waals surface area contributed by atoms with Crippen molar-refractivity contribution in [1.29, 1.82) is 0 Å². The minimum absolute atomic E-state index is 0.157. The molecule has 14 heavy (non-hydrogen) atoms. The molecule has 1 aliphatic rings.